The smallest absolute Gasteiger partial charge is 0.273 e. The van der Waals surface area contributed by atoms with Crippen molar-refractivity contribution >= 4 is 28.7 Å². The van der Waals surface area contributed by atoms with Crippen molar-refractivity contribution in [2.45, 2.75) is 30.7 Å². The van der Waals surface area contributed by atoms with Gasteiger partial charge in [0.05, 0.1) is 7.11 Å². The van der Waals surface area contributed by atoms with Gasteiger partial charge in [0.25, 0.3) is 5.91 Å². The minimum atomic E-state index is -1.03. The Hall–Kier alpha value is -3.02. The summed E-state index contributed by atoms with van der Waals surface area (Å²) >= 11 is 1.19. The highest BCUT2D eigenvalue weighted by molar-refractivity contribution is 8.15. The number of hydrogen-bond acceptors (Lipinski definition) is 6. The molecule has 1 aliphatic heterocycles. The Morgan fingerprint density at radius 1 is 1.26 bits per heavy atom. The lowest BCUT2D eigenvalue weighted by Gasteiger charge is -2.36. The van der Waals surface area contributed by atoms with Crippen LogP contribution in [0.2, 0.25) is 0 Å². The molecular weight excluding hydrogens is 464 g/mol. The highest BCUT2D eigenvalue weighted by Crippen LogP contribution is 2.51. The third kappa shape index (κ3) is 5.54. The first-order valence-corrected chi connectivity index (χ1v) is 11.4. The topological polar surface area (TPSA) is 102 Å². The molecule has 2 atom stereocenters. The van der Waals surface area contributed by atoms with E-state index in [0.29, 0.717) is 19.4 Å². The summed E-state index contributed by atoms with van der Waals surface area (Å²) in [7, 11) is 2.85. The summed E-state index contributed by atoms with van der Waals surface area (Å²) < 4.78 is 33.9. The molecule has 0 aliphatic carbocycles. The molecule has 34 heavy (non-hydrogen) atoms. The van der Waals surface area contributed by atoms with Crippen molar-refractivity contribution in [1.29, 1.82) is 0 Å². The van der Waals surface area contributed by atoms with E-state index in [1.54, 1.807) is 6.92 Å². The van der Waals surface area contributed by atoms with Crippen molar-refractivity contribution in [1.82, 2.24) is 10.5 Å². The van der Waals surface area contributed by atoms with E-state index in [2.05, 4.69) is 15.6 Å². The molecule has 8 nitrogen and oxygen atoms in total. The molecule has 2 aromatic rings. The molecule has 1 aliphatic rings. The molecule has 0 spiro atoms. The number of hydroxylamine groups is 1. The normalized spacial score (nSPS) is 19.1. The first-order chi connectivity index (χ1) is 16.3. The maximum absolute atomic E-state index is 14.7. The van der Waals surface area contributed by atoms with Crippen molar-refractivity contribution in [2.24, 2.45) is 15.8 Å². The largest absolute Gasteiger partial charge is 0.372 e. The van der Waals surface area contributed by atoms with Crippen molar-refractivity contribution in [3.63, 3.8) is 0 Å². The number of halogens is 2. The lowest BCUT2D eigenvalue weighted by molar-refractivity contribution is -0.144. The zero-order chi connectivity index (χ0) is 24.7. The minimum Gasteiger partial charge on any atom is -0.372 e. The summed E-state index contributed by atoms with van der Waals surface area (Å²) in [5.74, 6) is -1.52. The Kier molecular flexibility index (Phi) is 8.59. The van der Waals surface area contributed by atoms with Crippen LogP contribution in [0.25, 0.3) is 0 Å². The first-order valence-electron chi connectivity index (χ1n) is 10.6. The summed E-state index contributed by atoms with van der Waals surface area (Å²) in [6, 6.07) is 12.4. The Bertz CT molecular complexity index is 1070. The fourth-order valence-electron chi connectivity index (χ4n) is 3.50. The first kappa shape index (κ1) is 25.6. The molecule has 3 N–H and O–H groups in total. The van der Waals surface area contributed by atoms with Gasteiger partial charge in [-0.1, -0.05) is 42.1 Å². The van der Waals surface area contributed by atoms with E-state index >= 15 is 0 Å². The van der Waals surface area contributed by atoms with Crippen molar-refractivity contribution in [2.75, 3.05) is 20.8 Å². The SMILES string of the molecule is CONC(N)=NCCC[C@@]1(c2ccccc2)SC(c2cc(F)ccc2F)=NN1C(=O)[C@H](C)OC. The highest BCUT2D eigenvalue weighted by atomic mass is 32.2. The zero-order valence-electron chi connectivity index (χ0n) is 19.1. The molecule has 0 saturated heterocycles. The molecule has 0 bridgehead atoms. The predicted octanol–water partition coefficient (Wildman–Crippen LogP) is 3.34. The van der Waals surface area contributed by atoms with Crippen molar-refractivity contribution < 1.29 is 23.1 Å². The van der Waals surface area contributed by atoms with Crippen LogP contribution < -0.4 is 11.2 Å². The lowest BCUT2D eigenvalue weighted by Crippen LogP contribution is -2.45. The number of benzene rings is 2. The second-order valence-corrected chi connectivity index (χ2v) is 8.75. The molecule has 0 saturated carbocycles. The van der Waals surface area contributed by atoms with Crippen LogP contribution in [-0.2, 0) is 19.2 Å². The Morgan fingerprint density at radius 3 is 2.68 bits per heavy atom. The summed E-state index contributed by atoms with van der Waals surface area (Å²) in [4.78, 5) is 21.3. The number of guanidine groups is 1. The van der Waals surface area contributed by atoms with Crippen LogP contribution in [0.1, 0.15) is 30.9 Å². The average molecular weight is 492 g/mol. The number of nitrogens with two attached hydrogens (primary N) is 1. The maximum Gasteiger partial charge on any atom is 0.273 e. The van der Waals surface area contributed by atoms with Gasteiger partial charge in [0, 0.05) is 19.2 Å². The maximum atomic E-state index is 14.7. The molecule has 3 rings (SSSR count). The molecule has 1 amide bonds. The molecular formula is C23H27F2N5O3S. The van der Waals surface area contributed by atoms with Crippen LogP contribution in [0.4, 0.5) is 8.78 Å². The quantitative estimate of drug-likeness (QED) is 0.242. The number of hydrogen-bond donors (Lipinski definition) is 2. The minimum absolute atomic E-state index is 0.0164. The van der Waals surface area contributed by atoms with E-state index in [-0.39, 0.29) is 16.6 Å². The van der Waals surface area contributed by atoms with E-state index in [1.165, 1.54) is 31.0 Å². The van der Waals surface area contributed by atoms with Gasteiger partial charge < -0.3 is 10.5 Å². The molecule has 2 aromatic carbocycles. The van der Waals surface area contributed by atoms with E-state index in [1.807, 2.05) is 30.3 Å². The Morgan fingerprint density at radius 2 is 2.00 bits per heavy atom. The van der Waals surface area contributed by atoms with E-state index < -0.39 is 28.5 Å². The van der Waals surface area contributed by atoms with Gasteiger partial charge in [0.2, 0.25) is 5.96 Å². The van der Waals surface area contributed by atoms with E-state index in [9.17, 15) is 13.6 Å². The predicted molar refractivity (Wildman–Crippen MR) is 128 cm³/mol. The summed E-state index contributed by atoms with van der Waals surface area (Å²) in [6.07, 6.45) is 0.106. The Labute approximate surface area is 201 Å². The Balaban J connectivity index is 2.04. The van der Waals surface area contributed by atoms with Crippen LogP contribution in [0, 0.1) is 11.6 Å². The van der Waals surface area contributed by atoms with Gasteiger partial charge >= 0.3 is 0 Å². The number of carbonyl (C=O) groups is 1. The third-order valence-corrected chi connectivity index (χ3v) is 6.70. The number of nitrogens with zero attached hydrogens (tertiary/aromatic N) is 3. The number of thioether (sulfide) groups is 1. The number of rotatable bonds is 9. The molecule has 0 aromatic heterocycles. The van der Waals surface area contributed by atoms with E-state index in [4.69, 9.17) is 15.3 Å². The number of aliphatic imine (C=N–C) groups is 1. The fourth-order valence-corrected chi connectivity index (χ4v) is 4.93. The molecule has 1 heterocycles. The highest BCUT2D eigenvalue weighted by Gasteiger charge is 2.49. The van der Waals surface area contributed by atoms with Crippen molar-refractivity contribution in [3.8, 4) is 0 Å². The average Bonchev–Trinajstić information content (AvgIpc) is 3.23. The van der Waals surface area contributed by atoms with Crippen molar-refractivity contribution in [3.05, 3.63) is 71.3 Å². The zero-order valence-corrected chi connectivity index (χ0v) is 19.9. The standard InChI is InChI=1S/C23H27F2N5O3S/c1-15(32-2)21(31)30-23(16-8-5-4-6-9-16,12-7-13-27-22(26)29-33-3)34-20(28-30)18-14-17(24)10-11-19(18)25/h4-6,8-11,14-15H,7,12-13H2,1-3H3,(H3,26,27,29)/t15-,23-/m0/s1. The number of nitrogens with one attached hydrogen (secondary N) is 1. The monoisotopic (exact) mass is 491 g/mol. The van der Waals surface area contributed by atoms with Gasteiger partial charge in [0.15, 0.2) is 0 Å². The van der Waals surface area contributed by atoms with Crippen LogP contribution in [0.3, 0.4) is 0 Å². The molecule has 182 valence electrons. The van der Waals surface area contributed by atoms with Crippen LogP contribution in [0.15, 0.2) is 58.6 Å². The third-order valence-electron chi connectivity index (χ3n) is 5.25. The number of ether oxygens (including phenoxy) is 1. The molecule has 0 unspecified atom stereocenters. The van der Waals surface area contributed by atoms with Gasteiger partial charge in [0.1, 0.15) is 27.7 Å². The second kappa shape index (κ2) is 11.4. The number of amides is 1. The summed E-state index contributed by atoms with van der Waals surface area (Å²) in [6.45, 7) is 1.95. The van der Waals surface area contributed by atoms with Gasteiger partial charge in [-0.15, -0.1) is 0 Å². The van der Waals surface area contributed by atoms with Gasteiger partial charge in [-0.3, -0.25) is 14.6 Å². The molecule has 0 fully saturated rings. The lowest BCUT2D eigenvalue weighted by atomic mass is 10.00. The fraction of sp³-hybridized carbons (Fsp3) is 0.348. The van der Waals surface area contributed by atoms with Crippen LogP contribution in [-0.4, -0.2) is 48.8 Å². The molecule has 0 radical (unpaired) electrons. The van der Waals surface area contributed by atoms with Gasteiger partial charge in [-0.05, 0) is 43.5 Å². The number of methoxy groups -OCH3 is 1. The van der Waals surface area contributed by atoms with Crippen LogP contribution >= 0.6 is 11.8 Å². The van der Waals surface area contributed by atoms with Crippen LogP contribution in [0.5, 0.6) is 0 Å². The summed E-state index contributed by atoms with van der Waals surface area (Å²) in [5, 5.41) is 6.00. The summed E-state index contributed by atoms with van der Waals surface area (Å²) in [5.41, 5.74) is 8.92. The number of carbonyl (C=O) groups excluding carboxylic acids is 1. The molecule has 11 heteroatoms. The number of hydrazone groups is 1. The van der Waals surface area contributed by atoms with E-state index in [0.717, 1.165) is 23.8 Å². The van der Waals surface area contributed by atoms with Gasteiger partial charge in [-0.2, -0.15) is 5.10 Å². The van der Waals surface area contributed by atoms with Gasteiger partial charge in [-0.25, -0.2) is 19.3 Å². The second-order valence-electron chi connectivity index (χ2n) is 7.49.